The average molecular weight is 335 g/mol. The van der Waals surface area contributed by atoms with Crippen molar-refractivity contribution >= 4 is 5.97 Å². The molecule has 2 rings (SSSR count). The molecule has 24 heavy (non-hydrogen) atoms. The first-order valence-corrected chi connectivity index (χ1v) is 8.28. The zero-order valence-corrected chi connectivity index (χ0v) is 14.3. The number of hydrogen-bond donors (Lipinski definition) is 0. The van der Waals surface area contributed by atoms with Crippen LogP contribution in [0.25, 0.3) is 0 Å². The van der Waals surface area contributed by atoms with Gasteiger partial charge < -0.3 is 18.8 Å². The standard InChI is InChI=1S/C18H25NO5/c1-4-6-10-24-17-15(20)8-9-19(16(17)18(21)22-3)14-12-23-11-13(14)7-5-2/h5,8-9,13-14H,2,4,6-7,10-12H2,1,3H3. The Hall–Kier alpha value is -2.08. The number of pyridine rings is 1. The van der Waals surface area contributed by atoms with Crippen LogP contribution in [0.2, 0.25) is 0 Å². The van der Waals surface area contributed by atoms with Gasteiger partial charge in [0.25, 0.3) is 0 Å². The monoisotopic (exact) mass is 335 g/mol. The molecule has 0 aliphatic carbocycles. The summed E-state index contributed by atoms with van der Waals surface area (Å²) in [5.41, 5.74) is -0.160. The lowest BCUT2D eigenvalue weighted by Crippen LogP contribution is -2.27. The summed E-state index contributed by atoms with van der Waals surface area (Å²) in [5.74, 6) is -0.331. The molecular formula is C18H25NO5. The summed E-state index contributed by atoms with van der Waals surface area (Å²) in [6, 6.07) is 1.36. The molecule has 132 valence electrons. The highest BCUT2D eigenvalue weighted by atomic mass is 16.5. The molecule has 2 unspecified atom stereocenters. The molecule has 0 aromatic carbocycles. The van der Waals surface area contributed by atoms with Crippen LogP contribution < -0.4 is 10.2 Å². The zero-order valence-electron chi connectivity index (χ0n) is 14.3. The average Bonchev–Trinajstić information content (AvgIpc) is 3.04. The Kier molecular flexibility index (Phi) is 6.61. The SMILES string of the molecule is C=CCC1COCC1n1ccc(=O)c(OCCCC)c1C(=O)OC. The van der Waals surface area contributed by atoms with Crippen molar-refractivity contribution in [3.05, 3.63) is 40.8 Å². The zero-order chi connectivity index (χ0) is 17.5. The van der Waals surface area contributed by atoms with Crippen molar-refractivity contribution in [2.75, 3.05) is 26.9 Å². The van der Waals surface area contributed by atoms with E-state index in [1.807, 2.05) is 13.0 Å². The molecule has 1 fully saturated rings. The van der Waals surface area contributed by atoms with Crippen LogP contribution in [0.5, 0.6) is 5.75 Å². The molecule has 6 heteroatoms. The quantitative estimate of drug-likeness (QED) is 0.415. The number of rotatable bonds is 8. The van der Waals surface area contributed by atoms with Gasteiger partial charge in [0.2, 0.25) is 5.43 Å². The topological polar surface area (TPSA) is 66.8 Å². The molecule has 0 amide bonds. The molecule has 0 bridgehead atoms. The van der Waals surface area contributed by atoms with E-state index in [4.69, 9.17) is 14.2 Å². The number of allylic oxidation sites excluding steroid dienone is 1. The van der Waals surface area contributed by atoms with Crippen molar-refractivity contribution in [2.45, 2.75) is 32.2 Å². The van der Waals surface area contributed by atoms with Crippen LogP contribution in [0.15, 0.2) is 29.7 Å². The fourth-order valence-corrected chi connectivity index (χ4v) is 2.90. The predicted molar refractivity (Wildman–Crippen MR) is 90.6 cm³/mol. The number of nitrogens with zero attached hydrogens (tertiary/aromatic N) is 1. The third-order valence-corrected chi connectivity index (χ3v) is 4.20. The minimum Gasteiger partial charge on any atom is -0.487 e. The highest BCUT2D eigenvalue weighted by Gasteiger charge is 2.33. The molecule has 0 radical (unpaired) electrons. The second-order valence-electron chi connectivity index (χ2n) is 5.85. The molecule has 2 heterocycles. The van der Waals surface area contributed by atoms with Gasteiger partial charge in [-0.05, 0) is 12.8 Å². The largest absolute Gasteiger partial charge is 0.487 e. The van der Waals surface area contributed by atoms with Crippen LogP contribution in [0.4, 0.5) is 0 Å². The molecule has 2 atom stereocenters. The van der Waals surface area contributed by atoms with Crippen LogP contribution in [-0.2, 0) is 9.47 Å². The summed E-state index contributed by atoms with van der Waals surface area (Å²) in [5, 5.41) is 0. The molecular weight excluding hydrogens is 310 g/mol. The van der Waals surface area contributed by atoms with Crippen LogP contribution in [0.1, 0.15) is 42.7 Å². The molecule has 1 aromatic heterocycles. The lowest BCUT2D eigenvalue weighted by Gasteiger charge is -2.24. The van der Waals surface area contributed by atoms with E-state index in [0.29, 0.717) is 19.8 Å². The highest BCUT2D eigenvalue weighted by molar-refractivity contribution is 5.90. The van der Waals surface area contributed by atoms with Gasteiger partial charge in [0.1, 0.15) is 0 Å². The van der Waals surface area contributed by atoms with Crippen LogP contribution in [0.3, 0.4) is 0 Å². The molecule has 1 aliphatic rings. The second kappa shape index (κ2) is 8.68. The van der Waals surface area contributed by atoms with E-state index in [1.165, 1.54) is 13.2 Å². The molecule has 1 aliphatic heterocycles. The van der Waals surface area contributed by atoms with Gasteiger partial charge in [-0.15, -0.1) is 6.58 Å². The van der Waals surface area contributed by atoms with Crippen molar-refractivity contribution in [1.29, 1.82) is 0 Å². The van der Waals surface area contributed by atoms with E-state index in [1.54, 1.807) is 10.8 Å². The van der Waals surface area contributed by atoms with Crippen molar-refractivity contribution in [3.63, 3.8) is 0 Å². The summed E-state index contributed by atoms with van der Waals surface area (Å²) in [6.45, 7) is 7.26. The second-order valence-corrected chi connectivity index (χ2v) is 5.85. The normalized spacial score (nSPS) is 19.9. The first-order chi connectivity index (χ1) is 11.6. The molecule has 6 nitrogen and oxygen atoms in total. The Balaban J connectivity index is 2.46. The number of esters is 1. The van der Waals surface area contributed by atoms with E-state index in [0.717, 1.165) is 19.3 Å². The van der Waals surface area contributed by atoms with E-state index >= 15 is 0 Å². The van der Waals surface area contributed by atoms with Gasteiger partial charge in [0, 0.05) is 18.2 Å². The number of carbonyl (C=O) groups is 1. The maximum absolute atomic E-state index is 12.3. The van der Waals surface area contributed by atoms with E-state index in [-0.39, 0.29) is 28.8 Å². The van der Waals surface area contributed by atoms with Crippen molar-refractivity contribution in [3.8, 4) is 5.75 Å². The van der Waals surface area contributed by atoms with Gasteiger partial charge in [0.15, 0.2) is 11.4 Å². The third kappa shape index (κ3) is 3.87. The first kappa shape index (κ1) is 18.3. The Morgan fingerprint density at radius 1 is 1.50 bits per heavy atom. The molecule has 0 N–H and O–H groups in total. The molecule has 1 aromatic rings. The lowest BCUT2D eigenvalue weighted by molar-refractivity contribution is 0.0576. The molecule has 0 spiro atoms. The Bertz CT molecular complexity index is 637. The first-order valence-electron chi connectivity index (χ1n) is 8.28. The minimum absolute atomic E-state index is 0.0575. The van der Waals surface area contributed by atoms with Gasteiger partial charge in [-0.2, -0.15) is 0 Å². The van der Waals surface area contributed by atoms with E-state index in [9.17, 15) is 9.59 Å². The summed E-state index contributed by atoms with van der Waals surface area (Å²) in [4.78, 5) is 24.6. The van der Waals surface area contributed by atoms with E-state index < -0.39 is 5.97 Å². The van der Waals surface area contributed by atoms with Crippen molar-refractivity contribution in [1.82, 2.24) is 4.57 Å². The number of unbranched alkanes of at least 4 members (excludes halogenated alkanes) is 1. The van der Waals surface area contributed by atoms with Gasteiger partial charge in [0.05, 0.1) is 33.0 Å². The molecule has 0 saturated carbocycles. The van der Waals surface area contributed by atoms with Gasteiger partial charge in [-0.25, -0.2) is 4.79 Å². The maximum atomic E-state index is 12.3. The maximum Gasteiger partial charge on any atom is 0.358 e. The van der Waals surface area contributed by atoms with Crippen molar-refractivity contribution in [2.24, 2.45) is 5.92 Å². The predicted octanol–water partition coefficient (Wildman–Crippen LogP) is 2.58. The van der Waals surface area contributed by atoms with Gasteiger partial charge in [-0.3, -0.25) is 4.79 Å². The fraction of sp³-hybridized carbons (Fsp3) is 0.556. The van der Waals surface area contributed by atoms with Crippen LogP contribution in [0, 0.1) is 5.92 Å². The fourth-order valence-electron chi connectivity index (χ4n) is 2.90. The van der Waals surface area contributed by atoms with E-state index in [2.05, 4.69) is 6.58 Å². The number of ether oxygens (including phenoxy) is 3. The number of methoxy groups -OCH3 is 1. The van der Waals surface area contributed by atoms with Crippen LogP contribution >= 0.6 is 0 Å². The summed E-state index contributed by atoms with van der Waals surface area (Å²) < 4.78 is 17.9. The number of aromatic nitrogens is 1. The van der Waals surface area contributed by atoms with Crippen molar-refractivity contribution < 1.29 is 19.0 Å². The summed E-state index contributed by atoms with van der Waals surface area (Å²) in [6.07, 6.45) is 5.97. The minimum atomic E-state index is -0.580. The Morgan fingerprint density at radius 3 is 2.96 bits per heavy atom. The lowest BCUT2D eigenvalue weighted by atomic mass is 9.99. The Morgan fingerprint density at radius 2 is 2.29 bits per heavy atom. The van der Waals surface area contributed by atoms with Gasteiger partial charge >= 0.3 is 5.97 Å². The summed E-state index contributed by atoms with van der Waals surface area (Å²) >= 11 is 0. The van der Waals surface area contributed by atoms with Gasteiger partial charge in [-0.1, -0.05) is 19.4 Å². The van der Waals surface area contributed by atoms with Crippen LogP contribution in [-0.4, -0.2) is 37.5 Å². The number of carbonyl (C=O) groups excluding carboxylic acids is 1. The smallest absolute Gasteiger partial charge is 0.358 e. The highest BCUT2D eigenvalue weighted by Crippen LogP contribution is 2.31. The third-order valence-electron chi connectivity index (χ3n) is 4.20. The Labute approximate surface area is 142 Å². The summed E-state index contributed by atoms with van der Waals surface area (Å²) in [7, 11) is 1.30. The molecule has 1 saturated heterocycles. The number of hydrogen-bond acceptors (Lipinski definition) is 5.